The first-order valence-electron chi connectivity index (χ1n) is 11.9. The fourth-order valence-electron chi connectivity index (χ4n) is 5.44. The van der Waals surface area contributed by atoms with Crippen molar-refractivity contribution in [2.75, 3.05) is 33.2 Å². The molecule has 1 amide bonds. The van der Waals surface area contributed by atoms with Crippen molar-refractivity contribution in [3.05, 3.63) is 62.9 Å². The summed E-state index contributed by atoms with van der Waals surface area (Å²) in [5.74, 6) is -0.824. The van der Waals surface area contributed by atoms with Crippen LogP contribution in [0.5, 0.6) is 0 Å². The molecule has 9 nitrogen and oxygen atoms in total. The Bertz CT molecular complexity index is 1470. The van der Waals surface area contributed by atoms with Crippen molar-refractivity contribution in [2.45, 2.75) is 32.1 Å². The van der Waals surface area contributed by atoms with E-state index in [1.54, 1.807) is 17.6 Å². The first kappa shape index (κ1) is 21.9. The van der Waals surface area contributed by atoms with Gasteiger partial charge in [-0.1, -0.05) is 25.1 Å². The Hall–Kier alpha value is -3.56. The molecule has 1 N–H and O–H groups in total. The zero-order chi connectivity index (χ0) is 24.5. The molecule has 1 saturated heterocycles. The molecule has 0 spiro atoms. The summed E-state index contributed by atoms with van der Waals surface area (Å²) in [5, 5.41) is 11.9. The van der Waals surface area contributed by atoms with Crippen molar-refractivity contribution in [3.63, 3.8) is 0 Å². The number of likely N-dealkylation sites (N-methyl/N-ethyl adjacent to an activating group) is 1. The number of nitrogens with zero attached hydrogens (tertiary/aromatic N) is 4. The Morgan fingerprint density at radius 2 is 1.89 bits per heavy atom. The average Bonchev–Trinajstić information content (AvgIpc) is 3.23. The van der Waals surface area contributed by atoms with Gasteiger partial charge in [-0.05, 0) is 25.6 Å². The van der Waals surface area contributed by atoms with Gasteiger partial charge in [0.2, 0.25) is 0 Å². The van der Waals surface area contributed by atoms with Gasteiger partial charge in [0.1, 0.15) is 6.61 Å². The Kier molecular flexibility index (Phi) is 4.84. The van der Waals surface area contributed by atoms with E-state index in [0.717, 1.165) is 18.5 Å². The van der Waals surface area contributed by atoms with E-state index in [1.165, 1.54) is 0 Å². The van der Waals surface area contributed by atoms with Gasteiger partial charge in [0.25, 0.3) is 11.5 Å². The smallest absolute Gasteiger partial charge is 0.343 e. The molecule has 5 heterocycles. The molecule has 0 radical (unpaired) electrons. The second-order valence-electron chi connectivity index (χ2n) is 9.53. The molecule has 0 saturated carbocycles. The van der Waals surface area contributed by atoms with E-state index in [2.05, 4.69) is 4.90 Å². The minimum absolute atomic E-state index is 0.0675. The molecule has 1 aromatic carbocycles. The fraction of sp³-hybridized carbons (Fsp3) is 0.385. The van der Waals surface area contributed by atoms with Crippen LogP contribution in [0.3, 0.4) is 0 Å². The fourth-order valence-corrected chi connectivity index (χ4v) is 5.44. The Labute approximate surface area is 201 Å². The minimum Gasteiger partial charge on any atom is -0.458 e. The van der Waals surface area contributed by atoms with E-state index in [0.29, 0.717) is 41.1 Å². The molecule has 180 valence electrons. The molecule has 0 unspecified atom stereocenters. The summed E-state index contributed by atoms with van der Waals surface area (Å²) in [6.45, 7) is 4.54. The van der Waals surface area contributed by atoms with Crippen LogP contribution < -0.4 is 5.56 Å². The summed E-state index contributed by atoms with van der Waals surface area (Å²) in [4.78, 5) is 48.7. The van der Waals surface area contributed by atoms with Crippen molar-refractivity contribution < 1.29 is 19.4 Å². The number of pyridine rings is 2. The summed E-state index contributed by atoms with van der Waals surface area (Å²) >= 11 is 0. The highest BCUT2D eigenvalue weighted by atomic mass is 16.6. The minimum atomic E-state index is -1.89. The molecule has 0 bridgehead atoms. The average molecular weight is 475 g/mol. The standard InChI is InChI=1S/C26H26N4O5/c1-3-26(34)18-12-20-22-16(13-30(20)23(31)17(18)14-35-25(26)33)21(15-6-4-5-7-19(15)27-22)24(32)29-10-8-28(2)9-11-29/h4-7,12,34H,3,8-11,13-14H2,1-2H3/t26-/m0/s1. The van der Waals surface area contributed by atoms with E-state index in [4.69, 9.17) is 9.72 Å². The molecule has 9 heteroatoms. The molecular weight excluding hydrogens is 448 g/mol. The highest BCUT2D eigenvalue weighted by molar-refractivity contribution is 6.09. The number of cyclic esters (lactones) is 1. The van der Waals surface area contributed by atoms with Gasteiger partial charge in [0.15, 0.2) is 5.60 Å². The maximum Gasteiger partial charge on any atom is 0.343 e. The van der Waals surface area contributed by atoms with Gasteiger partial charge in [0, 0.05) is 42.7 Å². The number of aromatic nitrogens is 2. The Morgan fingerprint density at radius 3 is 2.63 bits per heavy atom. The van der Waals surface area contributed by atoms with Crippen LogP contribution in [0.25, 0.3) is 22.3 Å². The van der Waals surface area contributed by atoms with Crippen molar-refractivity contribution in [3.8, 4) is 11.4 Å². The number of piperazine rings is 1. The van der Waals surface area contributed by atoms with Crippen LogP contribution in [-0.2, 0) is 28.3 Å². The van der Waals surface area contributed by atoms with Crippen LogP contribution in [-0.4, -0.2) is 69.6 Å². The highest BCUT2D eigenvalue weighted by Crippen LogP contribution is 2.40. The molecule has 1 atom stereocenters. The monoisotopic (exact) mass is 474 g/mol. The topological polar surface area (TPSA) is 105 Å². The molecular formula is C26H26N4O5. The number of para-hydroxylation sites is 1. The van der Waals surface area contributed by atoms with Crippen LogP contribution in [0.15, 0.2) is 35.1 Å². The van der Waals surface area contributed by atoms with Gasteiger partial charge >= 0.3 is 5.97 Å². The van der Waals surface area contributed by atoms with Gasteiger partial charge < -0.3 is 24.2 Å². The normalized spacial score (nSPS) is 21.5. The van der Waals surface area contributed by atoms with E-state index in [1.807, 2.05) is 36.2 Å². The number of amides is 1. The first-order valence-corrected chi connectivity index (χ1v) is 11.9. The lowest BCUT2D eigenvalue weighted by molar-refractivity contribution is -0.172. The summed E-state index contributed by atoms with van der Waals surface area (Å²) in [5.41, 5.74) is 1.27. The molecule has 3 aromatic rings. The number of esters is 1. The summed E-state index contributed by atoms with van der Waals surface area (Å²) in [7, 11) is 2.04. The van der Waals surface area contributed by atoms with Gasteiger partial charge in [-0.25, -0.2) is 9.78 Å². The summed E-state index contributed by atoms with van der Waals surface area (Å²) in [6, 6.07) is 9.18. The van der Waals surface area contributed by atoms with Gasteiger partial charge in [0.05, 0.1) is 34.6 Å². The maximum absolute atomic E-state index is 13.9. The third kappa shape index (κ3) is 3.08. The zero-order valence-corrected chi connectivity index (χ0v) is 19.7. The molecule has 1 fully saturated rings. The second kappa shape index (κ2) is 7.73. The van der Waals surface area contributed by atoms with Crippen molar-refractivity contribution in [1.29, 1.82) is 0 Å². The van der Waals surface area contributed by atoms with Crippen molar-refractivity contribution in [2.24, 2.45) is 0 Å². The molecule has 3 aliphatic heterocycles. The number of hydrogen-bond acceptors (Lipinski definition) is 7. The first-order chi connectivity index (χ1) is 16.8. The number of rotatable bonds is 2. The molecule has 6 rings (SSSR count). The quantitative estimate of drug-likeness (QED) is 0.439. The van der Waals surface area contributed by atoms with E-state index >= 15 is 0 Å². The van der Waals surface area contributed by atoms with Gasteiger partial charge in [-0.3, -0.25) is 9.59 Å². The van der Waals surface area contributed by atoms with Crippen LogP contribution in [0.1, 0.15) is 40.4 Å². The number of aliphatic hydroxyl groups is 1. The largest absolute Gasteiger partial charge is 0.458 e. The van der Waals surface area contributed by atoms with E-state index in [9.17, 15) is 19.5 Å². The maximum atomic E-state index is 13.9. The van der Waals surface area contributed by atoms with Crippen molar-refractivity contribution >= 4 is 22.8 Å². The number of fused-ring (bicyclic) bond motifs is 5. The number of benzene rings is 1. The third-order valence-electron chi connectivity index (χ3n) is 7.60. The van der Waals surface area contributed by atoms with Gasteiger partial charge in [-0.2, -0.15) is 0 Å². The SMILES string of the molecule is CC[C@@]1(O)C(=O)OCc2c1cc1n(c2=O)Cc2c-1nc1ccccc1c2C(=O)N1CCN(C)CC1. The summed E-state index contributed by atoms with van der Waals surface area (Å²) in [6.07, 6.45) is 0.0763. The van der Waals surface area contributed by atoms with Crippen LogP contribution >= 0.6 is 0 Å². The number of ether oxygens (including phenoxy) is 1. The number of hydrogen-bond donors (Lipinski definition) is 1. The molecule has 35 heavy (non-hydrogen) atoms. The van der Waals surface area contributed by atoms with Crippen LogP contribution in [0.2, 0.25) is 0 Å². The number of carbonyl (C=O) groups excluding carboxylic acids is 2. The van der Waals surface area contributed by atoms with E-state index < -0.39 is 11.6 Å². The predicted molar refractivity (Wildman–Crippen MR) is 128 cm³/mol. The van der Waals surface area contributed by atoms with Crippen molar-refractivity contribution in [1.82, 2.24) is 19.4 Å². The lowest BCUT2D eigenvalue weighted by Gasteiger charge is -2.33. The Morgan fingerprint density at radius 1 is 1.14 bits per heavy atom. The van der Waals surface area contributed by atoms with Gasteiger partial charge in [-0.15, -0.1) is 0 Å². The third-order valence-corrected chi connectivity index (χ3v) is 7.60. The lowest BCUT2D eigenvalue weighted by Crippen LogP contribution is -2.47. The molecule has 0 aliphatic carbocycles. The molecule has 2 aromatic heterocycles. The number of carbonyl (C=O) groups is 2. The Balaban J connectivity index is 1.58. The van der Waals surface area contributed by atoms with Crippen LogP contribution in [0.4, 0.5) is 0 Å². The second-order valence-corrected chi connectivity index (χ2v) is 9.53. The lowest BCUT2D eigenvalue weighted by atomic mass is 9.86. The zero-order valence-electron chi connectivity index (χ0n) is 19.7. The highest BCUT2D eigenvalue weighted by Gasteiger charge is 2.45. The molecule has 3 aliphatic rings. The summed E-state index contributed by atoms with van der Waals surface area (Å²) < 4.78 is 6.73. The van der Waals surface area contributed by atoms with E-state index in [-0.39, 0.29) is 42.2 Å². The predicted octanol–water partition coefficient (Wildman–Crippen LogP) is 1.47. The van der Waals surface area contributed by atoms with Crippen LogP contribution in [0, 0.1) is 0 Å².